The van der Waals surface area contributed by atoms with E-state index >= 15 is 0 Å². The molecule has 0 aliphatic carbocycles. The molecule has 100 valence electrons. The molecule has 0 amide bonds. The molecule has 0 radical (unpaired) electrons. The molecular formula is C14H23N3S. The Balaban J connectivity index is 1.67. The fourth-order valence-corrected chi connectivity index (χ4v) is 4.29. The maximum absolute atomic E-state index is 4.37. The predicted octanol–water partition coefficient (Wildman–Crippen LogP) is 2.56. The van der Waals surface area contributed by atoms with Crippen molar-refractivity contribution >= 4 is 11.3 Å². The molecule has 1 N–H and O–H groups in total. The van der Waals surface area contributed by atoms with Gasteiger partial charge in [-0.25, -0.2) is 4.98 Å². The van der Waals surface area contributed by atoms with Crippen LogP contribution in [0.4, 0.5) is 0 Å². The molecule has 0 aromatic carbocycles. The van der Waals surface area contributed by atoms with E-state index in [1.54, 1.807) is 11.3 Å². The lowest BCUT2D eigenvalue weighted by atomic mass is 9.98. The summed E-state index contributed by atoms with van der Waals surface area (Å²) in [5.41, 5.74) is 3.19. The number of rotatable bonds is 4. The van der Waals surface area contributed by atoms with Gasteiger partial charge in [-0.05, 0) is 39.2 Å². The highest BCUT2D eigenvalue weighted by atomic mass is 32.1. The van der Waals surface area contributed by atoms with Gasteiger partial charge in [0.15, 0.2) is 0 Å². The molecule has 2 unspecified atom stereocenters. The summed E-state index contributed by atoms with van der Waals surface area (Å²) in [4.78, 5) is 8.48. The number of nitrogens with zero attached hydrogens (tertiary/aromatic N) is 2. The van der Waals surface area contributed by atoms with Gasteiger partial charge >= 0.3 is 0 Å². The molecule has 0 spiro atoms. The molecule has 2 fully saturated rings. The van der Waals surface area contributed by atoms with Gasteiger partial charge in [-0.3, -0.25) is 4.90 Å². The van der Waals surface area contributed by atoms with Crippen LogP contribution >= 0.6 is 11.3 Å². The summed E-state index contributed by atoms with van der Waals surface area (Å²) in [6, 6.07) is 2.34. The second-order valence-electron chi connectivity index (χ2n) is 5.69. The van der Waals surface area contributed by atoms with Gasteiger partial charge in [-0.1, -0.05) is 6.92 Å². The van der Waals surface area contributed by atoms with Crippen molar-refractivity contribution in [1.29, 1.82) is 0 Å². The first-order valence-electron chi connectivity index (χ1n) is 7.15. The quantitative estimate of drug-likeness (QED) is 0.907. The third-order valence-corrected chi connectivity index (χ3v) is 5.48. The van der Waals surface area contributed by atoms with E-state index in [9.17, 15) is 0 Å². The third kappa shape index (κ3) is 2.46. The molecule has 3 rings (SSSR count). The zero-order chi connectivity index (χ0) is 12.5. The van der Waals surface area contributed by atoms with Gasteiger partial charge in [0.25, 0.3) is 0 Å². The average molecular weight is 265 g/mol. The van der Waals surface area contributed by atoms with E-state index in [1.807, 2.05) is 5.51 Å². The Bertz CT molecular complexity index is 391. The number of hydrogen-bond acceptors (Lipinski definition) is 4. The van der Waals surface area contributed by atoms with Gasteiger partial charge in [0, 0.05) is 29.5 Å². The van der Waals surface area contributed by atoms with Crippen molar-refractivity contribution in [3.8, 4) is 0 Å². The molecule has 2 aliphatic rings. The first-order valence-corrected chi connectivity index (χ1v) is 8.03. The van der Waals surface area contributed by atoms with E-state index < -0.39 is 0 Å². The van der Waals surface area contributed by atoms with Crippen molar-refractivity contribution in [2.45, 2.75) is 64.2 Å². The topological polar surface area (TPSA) is 28.2 Å². The van der Waals surface area contributed by atoms with Crippen LogP contribution in [0.15, 0.2) is 5.51 Å². The highest BCUT2D eigenvalue weighted by molar-refractivity contribution is 7.09. The van der Waals surface area contributed by atoms with E-state index in [2.05, 4.69) is 29.0 Å². The normalized spacial score (nSPS) is 31.2. The molecule has 18 heavy (non-hydrogen) atoms. The highest BCUT2D eigenvalue weighted by Gasteiger charge is 2.35. The summed E-state index contributed by atoms with van der Waals surface area (Å²) >= 11 is 1.81. The van der Waals surface area contributed by atoms with E-state index in [-0.39, 0.29) is 0 Å². The molecule has 2 atom stereocenters. The van der Waals surface area contributed by atoms with Gasteiger partial charge in [-0.2, -0.15) is 0 Å². The monoisotopic (exact) mass is 265 g/mol. The summed E-state index contributed by atoms with van der Waals surface area (Å²) in [7, 11) is 0. The highest BCUT2D eigenvalue weighted by Crippen LogP contribution is 2.30. The van der Waals surface area contributed by atoms with Crippen molar-refractivity contribution in [1.82, 2.24) is 15.2 Å². The minimum absolute atomic E-state index is 0.773. The van der Waals surface area contributed by atoms with Crippen molar-refractivity contribution in [2.75, 3.05) is 6.54 Å². The van der Waals surface area contributed by atoms with Gasteiger partial charge in [0.05, 0.1) is 11.2 Å². The number of aryl methyl sites for hydroxylation is 1. The number of aromatic nitrogens is 1. The second-order valence-corrected chi connectivity index (χ2v) is 6.63. The molecule has 1 aromatic rings. The molecule has 4 heteroatoms. The first kappa shape index (κ1) is 12.6. The molecular weight excluding hydrogens is 242 g/mol. The lowest BCUT2D eigenvalue weighted by Gasteiger charge is -2.37. The summed E-state index contributed by atoms with van der Waals surface area (Å²) in [5.74, 6) is 0. The lowest BCUT2D eigenvalue weighted by molar-refractivity contribution is 0.141. The van der Waals surface area contributed by atoms with Crippen molar-refractivity contribution in [2.24, 2.45) is 0 Å². The Kier molecular flexibility index (Phi) is 3.68. The van der Waals surface area contributed by atoms with Gasteiger partial charge in [-0.15, -0.1) is 11.3 Å². The Morgan fingerprint density at radius 3 is 2.67 bits per heavy atom. The maximum atomic E-state index is 4.37. The lowest BCUT2D eigenvalue weighted by Crippen LogP contribution is -2.47. The van der Waals surface area contributed by atoms with E-state index in [0.29, 0.717) is 0 Å². The zero-order valence-corrected chi connectivity index (χ0v) is 12.2. The first-order chi connectivity index (χ1) is 8.76. The molecule has 0 saturated carbocycles. The number of hydrogen-bond donors (Lipinski definition) is 1. The number of piperidine rings is 1. The van der Waals surface area contributed by atoms with Crippen LogP contribution in [0.25, 0.3) is 0 Å². The molecule has 2 bridgehead atoms. The number of fused-ring (bicyclic) bond motifs is 2. The number of thiazole rings is 1. The Hall–Kier alpha value is -0.450. The average Bonchev–Trinajstić information content (AvgIpc) is 2.92. The van der Waals surface area contributed by atoms with Gasteiger partial charge in [0.2, 0.25) is 0 Å². The van der Waals surface area contributed by atoms with Crippen LogP contribution in [0.3, 0.4) is 0 Å². The smallest absolute Gasteiger partial charge is 0.0798 e. The van der Waals surface area contributed by atoms with E-state index in [4.69, 9.17) is 0 Å². The van der Waals surface area contributed by atoms with E-state index in [0.717, 1.165) is 31.2 Å². The number of nitrogens with one attached hydrogen (secondary N) is 1. The summed E-state index contributed by atoms with van der Waals surface area (Å²) < 4.78 is 0. The zero-order valence-electron chi connectivity index (χ0n) is 11.4. The van der Waals surface area contributed by atoms with Crippen LogP contribution in [0, 0.1) is 6.92 Å². The van der Waals surface area contributed by atoms with Crippen molar-refractivity contribution < 1.29 is 0 Å². The van der Waals surface area contributed by atoms with Crippen LogP contribution in [-0.4, -0.2) is 34.6 Å². The fourth-order valence-electron chi connectivity index (χ4n) is 3.49. The summed E-state index contributed by atoms with van der Waals surface area (Å²) in [5, 5.41) is 3.73. The molecule has 2 saturated heterocycles. The molecule has 1 aromatic heterocycles. The Morgan fingerprint density at radius 2 is 2.11 bits per heavy atom. The SMILES string of the molecule is CCN(Cc1scnc1C)C1CC2CCC(C1)N2. The minimum atomic E-state index is 0.773. The Morgan fingerprint density at radius 1 is 1.39 bits per heavy atom. The summed E-state index contributed by atoms with van der Waals surface area (Å²) in [6.45, 7) is 6.67. The van der Waals surface area contributed by atoms with Crippen molar-refractivity contribution in [3.63, 3.8) is 0 Å². The van der Waals surface area contributed by atoms with Gasteiger partial charge < -0.3 is 5.32 Å². The van der Waals surface area contributed by atoms with Crippen LogP contribution in [0.5, 0.6) is 0 Å². The van der Waals surface area contributed by atoms with E-state index in [1.165, 1.54) is 36.3 Å². The van der Waals surface area contributed by atoms with Crippen LogP contribution in [0.2, 0.25) is 0 Å². The van der Waals surface area contributed by atoms with Crippen molar-refractivity contribution in [3.05, 3.63) is 16.1 Å². The third-order valence-electron chi connectivity index (χ3n) is 4.56. The second kappa shape index (κ2) is 5.27. The molecule has 2 aliphatic heterocycles. The largest absolute Gasteiger partial charge is 0.311 e. The summed E-state index contributed by atoms with van der Waals surface area (Å²) in [6.07, 6.45) is 5.45. The predicted molar refractivity (Wildman–Crippen MR) is 75.9 cm³/mol. The van der Waals surface area contributed by atoms with Gasteiger partial charge in [0.1, 0.15) is 0 Å². The molecule has 3 nitrogen and oxygen atoms in total. The van der Waals surface area contributed by atoms with Crippen LogP contribution < -0.4 is 5.32 Å². The fraction of sp³-hybridized carbons (Fsp3) is 0.786. The minimum Gasteiger partial charge on any atom is -0.311 e. The standard InChI is InChI=1S/C14H23N3S/c1-3-17(8-14-10(2)15-9-18-14)13-6-11-4-5-12(7-13)16-11/h9,11-13,16H,3-8H2,1-2H3. The Labute approximate surface area is 114 Å². The maximum Gasteiger partial charge on any atom is 0.0798 e. The molecule has 3 heterocycles. The van der Waals surface area contributed by atoms with Crippen LogP contribution in [0.1, 0.15) is 43.2 Å². The van der Waals surface area contributed by atoms with Crippen LogP contribution in [-0.2, 0) is 6.54 Å².